The molecule has 0 bridgehead atoms. The maximum Gasteiger partial charge on any atom is 0.325 e. The highest BCUT2D eigenvalue weighted by Crippen LogP contribution is 2.13. The Labute approximate surface area is 147 Å². The fraction of sp³-hybridized carbons (Fsp3) is 0.188. The lowest BCUT2D eigenvalue weighted by atomic mass is 10.2. The van der Waals surface area contributed by atoms with Gasteiger partial charge in [-0.15, -0.1) is 0 Å². The van der Waals surface area contributed by atoms with Crippen LogP contribution in [0, 0.1) is 10.1 Å². The van der Waals surface area contributed by atoms with E-state index >= 15 is 0 Å². The monoisotopic (exact) mass is 361 g/mol. The Hall–Kier alpha value is -3.69. The Morgan fingerprint density at radius 2 is 1.92 bits per heavy atom. The van der Waals surface area contributed by atoms with Gasteiger partial charge in [-0.25, -0.2) is 0 Å². The van der Waals surface area contributed by atoms with Crippen molar-refractivity contribution in [3.8, 4) is 0 Å². The van der Waals surface area contributed by atoms with Gasteiger partial charge in [-0.2, -0.15) is 0 Å². The van der Waals surface area contributed by atoms with Crippen molar-refractivity contribution in [2.75, 3.05) is 13.1 Å². The summed E-state index contributed by atoms with van der Waals surface area (Å²) < 4.78 is 9.78. The average Bonchev–Trinajstić information content (AvgIpc) is 3.17. The third kappa shape index (κ3) is 5.74. The van der Waals surface area contributed by atoms with E-state index in [1.165, 1.54) is 36.6 Å². The number of carbonyl (C=O) groups is 3. The first-order valence-corrected chi connectivity index (χ1v) is 7.43. The molecule has 2 rings (SSSR count). The zero-order valence-corrected chi connectivity index (χ0v) is 13.5. The number of amides is 2. The first-order chi connectivity index (χ1) is 12.5. The number of hydrogen-bond acceptors (Lipinski definition) is 7. The minimum atomic E-state index is -0.720. The molecule has 2 amide bonds. The van der Waals surface area contributed by atoms with E-state index < -0.39 is 29.3 Å². The molecule has 1 aromatic heterocycles. The molecule has 0 aliphatic heterocycles. The van der Waals surface area contributed by atoms with Crippen molar-refractivity contribution >= 4 is 23.5 Å². The Kier molecular flexibility index (Phi) is 6.43. The Balaban J connectivity index is 1.68. The van der Waals surface area contributed by atoms with Crippen molar-refractivity contribution in [3.05, 3.63) is 64.1 Å². The molecule has 26 heavy (non-hydrogen) atoms. The zero-order chi connectivity index (χ0) is 18.9. The fourth-order valence-corrected chi connectivity index (χ4v) is 1.86. The van der Waals surface area contributed by atoms with Crippen LogP contribution in [0.1, 0.15) is 16.1 Å². The second-order valence-electron chi connectivity index (χ2n) is 5.02. The third-order valence-electron chi connectivity index (χ3n) is 3.11. The van der Waals surface area contributed by atoms with E-state index in [0.717, 1.165) is 0 Å². The molecule has 1 aromatic carbocycles. The van der Waals surface area contributed by atoms with Gasteiger partial charge in [0.05, 0.1) is 17.7 Å². The molecule has 2 N–H and O–H groups in total. The predicted molar refractivity (Wildman–Crippen MR) is 86.9 cm³/mol. The van der Waals surface area contributed by atoms with Gasteiger partial charge in [0.25, 0.3) is 11.6 Å². The first kappa shape index (κ1) is 18.6. The lowest BCUT2D eigenvalue weighted by molar-refractivity contribution is -0.384. The van der Waals surface area contributed by atoms with Gasteiger partial charge in [-0.1, -0.05) is 12.1 Å². The van der Waals surface area contributed by atoms with Crippen LogP contribution in [-0.4, -0.2) is 35.8 Å². The highest BCUT2D eigenvalue weighted by molar-refractivity contribution is 5.94. The van der Waals surface area contributed by atoms with Gasteiger partial charge < -0.3 is 19.8 Å². The van der Waals surface area contributed by atoms with Gasteiger partial charge >= 0.3 is 5.97 Å². The molecule has 0 atom stereocenters. The van der Waals surface area contributed by atoms with Crippen LogP contribution in [0.5, 0.6) is 0 Å². The predicted octanol–water partition coefficient (Wildman–Crippen LogP) is 0.777. The number of furan rings is 1. The van der Waals surface area contributed by atoms with E-state index in [9.17, 15) is 24.5 Å². The number of benzene rings is 1. The minimum Gasteiger partial charge on any atom is -0.459 e. The van der Waals surface area contributed by atoms with Crippen LogP contribution < -0.4 is 10.6 Å². The number of hydrogen-bond donors (Lipinski definition) is 2. The number of non-ortho nitro benzene ring substituents is 1. The summed E-state index contributed by atoms with van der Waals surface area (Å²) in [4.78, 5) is 44.8. The summed E-state index contributed by atoms with van der Waals surface area (Å²) >= 11 is 0. The van der Waals surface area contributed by atoms with Crippen LogP contribution in [0.15, 0.2) is 47.1 Å². The maximum atomic E-state index is 11.6. The van der Waals surface area contributed by atoms with Gasteiger partial charge in [-0.3, -0.25) is 24.5 Å². The van der Waals surface area contributed by atoms with Gasteiger partial charge in [-0.05, 0) is 17.7 Å². The van der Waals surface area contributed by atoms with Crippen molar-refractivity contribution in [2.24, 2.45) is 0 Å². The molecule has 0 unspecified atom stereocenters. The molecular weight excluding hydrogens is 346 g/mol. The summed E-state index contributed by atoms with van der Waals surface area (Å²) in [5.74, 6) is -1.80. The largest absolute Gasteiger partial charge is 0.459 e. The van der Waals surface area contributed by atoms with E-state index in [2.05, 4.69) is 10.6 Å². The maximum absolute atomic E-state index is 11.6. The molecule has 0 aliphatic carbocycles. The molecule has 10 nitrogen and oxygen atoms in total. The molecule has 0 spiro atoms. The first-order valence-electron chi connectivity index (χ1n) is 7.43. The number of nitro benzene ring substituents is 1. The van der Waals surface area contributed by atoms with E-state index in [1.807, 2.05) is 0 Å². The van der Waals surface area contributed by atoms with Crippen molar-refractivity contribution < 1.29 is 28.5 Å². The number of nitrogens with zero attached hydrogens (tertiary/aromatic N) is 1. The van der Waals surface area contributed by atoms with E-state index in [-0.39, 0.29) is 24.6 Å². The second-order valence-corrected chi connectivity index (χ2v) is 5.02. The highest BCUT2D eigenvalue weighted by Gasteiger charge is 2.12. The summed E-state index contributed by atoms with van der Waals surface area (Å²) in [7, 11) is 0. The quantitative estimate of drug-likeness (QED) is 0.402. The third-order valence-corrected chi connectivity index (χ3v) is 3.11. The molecule has 0 fully saturated rings. The number of rotatable bonds is 8. The molecule has 136 valence electrons. The minimum absolute atomic E-state index is 0.0640. The van der Waals surface area contributed by atoms with Crippen LogP contribution in [0.25, 0.3) is 0 Å². The van der Waals surface area contributed by atoms with Crippen LogP contribution in [-0.2, 0) is 20.9 Å². The van der Waals surface area contributed by atoms with E-state index in [4.69, 9.17) is 9.15 Å². The summed E-state index contributed by atoms with van der Waals surface area (Å²) in [5, 5.41) is 15.3. The topological polar surface area (TPSA) is 141 Å². The van der Waals surface area contributed by atoms with Crippen molar-refractivity contribution in [1.82, 2.24) is 10.6 Å². The molecule has 0 saturated carbocycles. The molecule has 0 aliphatic rings. The molecule has 1 heterocycles. The number of carbonyl (C=O) groups excluding carboxylic acids is 3. The summed E-state index contributed by atoms with van der Waals surface area (Å²) in [6.07, 6.45) is 1.33. The van der Waals surface area contributed by atoms with Gasteiger partial charge in [0.1, 0.15) is 13.2 Å². The molecular formula is C16H15N3O7. The number of nitro groups is 1. The van der Waals surface area contributed by atoms with Crippen molar-refractivity contribution in [1.29, 1.82) is 0 Å². The smallest absolute Gasteiger partial charge is 0.325 e. The summed E-state index contributed by atoms with van der Waals surface area (Å²) in [6, 6.07) is 8.64. The van der Waals surface area contributed by atoms with Gasteiger partial charge in [0, 0.05) is 12.1 Å². The number of ether oxygens (including phenoxy) is 1. The Morgan fingerprint density at radius 1 is 1.12 bits per heavy atom. The van der Waals surface area contributed by atoms with Crippen molar-refractivity contribution in [2.45, 2.75) is 6.61 Å². The Morgan fingerprint density at radius 3 is 2.62 bits per heavy atom. The van der Waals surface area contributed by atoms with Gasteiger partial charge in [0.15, 0.2) is 5.76 Å². The Bertz CT molecular complexity index is 802. The standard InChI is InChI=1S/C16H15N3O7/c20-14(8-18-16(22)13-5-2-6-25-13)17-9-15(21)26-10-11-3-1-4-12(7-11)19(23)24/h1-7H,8-10H2,(H,17,20)(H,18,22). The lowest BCUT2D eigenvalue weighted by Crippen LogP contribution is -2.39. The van der Waals surface area contributed by atoms with Gasteiger partial charge in [0.2, 0.25) is 5.91 Å². The second kappa shape index (κ2) is 8.97. The fourth-order valence-electron chi connectivity index (χ4n) is 1.86. The highest BCUT2D eigenvalue weighted by atomic mass is 16.6. The molecule has 0 saturated heterocycles. The number of esters is 1. The normalized spacial score (nSPS) is 10.0. The van der Waals surface area contributed by atoms with Crippen LogP contribution >= 0.6 is 0 Å². The lowest BCUT2D eigenvalue weighted by Gasteiger charge is -2.07. The van der Waals surface area contributed by atoms with E-state index in [0.29, 0.717) is 5.56 Å². The molecule has 10 heteroatoms. The number of nitrogens with one attached hydrogen (secondary N) is 2. The summed E-state index contributed by atoms with van der Waals surface area (Å²) in [6.45, 7) is -0.895. The molecule has 0 radical (unpaired) electrons. The zero-order valence-electron chi connectivity index (χ0n) is 13.5. The average molecular weight is 361 g/mol. The van der Waals surface area contributed by atoms with Crippen molar-refractivity contribution in [3.63, 3.8) is 0 Å². The SMILES string of the molecule is O=C(CNC(=O)c1ccco1)NCC(=O)OCc1cccc([N+](=O)[O-])c1. The van der Waals surface area contributed by atoms with Crippen LogP contribution in [0.2, 0.25) is 0 Å². The van der Waals surface area contributed by atoms with Crippen LogP contribution in [0.3, 0.4) is 0 Å². The summed E-state index contributed by atoms with van der Waals surface area (Å²) in [5.41, 5.74) is 0.337. The molecule has 2 aromatic rings. The van der Waals surface area contributed by atoms with E-state index in [1.54, 1.807) is 6.07 Å². The van der Waals surface area contributed by atoms with Crippen LogP contribution in [0.4, 0.5) is 5.69 Å².